The zero-order valence-corrected chi connectivity index (χ0v) is 8.21. The predicted molar refractivity (Wildman–Crippen MR) is 51.2 cm³/mol. The summed E-state index contributed by atoms with van der Waals surface area (Å²) in [7, 11) is 0. The molecule has 1 spiro atoms. The highest BCUT2D eigenvalue weighted by atomic mass is 16.2. The molecule has 1 N–H and O–H groups in total. The third-order valence-electron chi connectivity index (χ3n) is 3.37. The van der Waals surface area contributed by atoms with E-state index in [1.807, 2.05) is 0 Å². The first-order chi connectivity index (χ1) is 6.61. The Morgan fingerprint density at radius 3 is 2.50 bits per heavy atom. The van der Waals surface area contributed by atoms with Crippen LogP contribution >= 0.6 is 0 Å². The molecule has 77 valence electrons. The Morgan fingerprint density at radius 1 is 1.43 bits per heavy atom. The third kappa shape index (κ3) is 1.61. The first kappa shape index (κ1) is 9.49. The zero-order valence-electron chi connectivity index (χ0n) is 8.21. The van der Waals surface area contributed by atoms with E-state index in [2.05, 4.69) is 12.2 Å². The summed E-state index contributed by atoms with van der Waals surface area (Å²) in [5.74, 6) is 0.0523. The molecule has 0 aliphatic carbocycles. The van der Waals surface area contributed by atoms with Gasteiger partial charge in [0.15, 0.2) is 0 Å². The minimum atomic E-state index is -0.0999. The third-order valence-corrected chi connectivity index (χ3v) is 3.37. The summed E-state index contributed by atoms with van der Waals surface area (Å²) in [6.45, 7) is 5.67. The number of carbonyl (C=O) groups is 2. The van der Waals surface area contributed by atoms with Crippen LogP contribution in [-0.2, 0) is 9.59 Å². The van der Waals surface area contributed by atoms with Crippen molar-refractivity contribution in [2.24, 2.45) is 5.41 Å². The average Bonchev–Trinajstić information content (AvgIpc) is 2.48. The SMILES string of the molecule is [CH2]C(=O)N1CCC2(CC1)CNC(=O)C2. The molecule has 2 aliphatic rings. The van der Waals surface area contributed by atoms with Crippen LogP contribution in [0.3, 0.4) is 0 Å². The maximum absolute atomic E-state index is 11.1. The summed E-state index contributed by atoms with van der Waals surface area (Å²) in [6.07, 6.45) is 2.48. The Bertz CT molecular complexity index is 267. The number of likely N-dealkylation sites (tertiary alicyclic amines) is 1. The number of amides is 2. The smallest absolute Gasteiger partial charge is 0.223 e. The van der Waals surface area contributed by atoms with Crippen LogP contribution in [-0.4, -0.2) is 36.3 Å². The van der Waals surface area contributed by atoms with Crippen LogP contribution in [0, 0.1) is 12.3 Å². The van der Waals surface area contributed by atoms with E-state index < -0.39 is 0 Å². The Morgan fingerprint density at radius 2 is 2.07 bits per heavy atom. The molecular formula is C10H15N2O2. The van der Waals surface area contributed by atoms with Gasteiger partial charge in [0, 0.05) is 33.0 Å². The highest BCUT2D eigenvalue weighted by molar-refractivity contribution is 5.81. The molecule has 2 aliphatic heterocycles. The van der Waals surface area contributed by atoms with Crippen LogP contribution < -0.4 is 5.32 Å². The highest BCUT2D eigenvalue weighted by Crippen LogP contribution is 2.37. The van der Waals surface area contributed by atoms with Gasteiger partial charge in [-0.1, -0.05) is 0 Å². The second-order valence-electron chi connectivity index (χ2n) is 4.33. The van der Waals surface area contributed by atoms with E-state index in [-0.39, 0.29) is 17.2 Å². The van der Waals surface area contributed by atoms with Gasteiger partial charge in [-0.3, -0.25) is 9.59 Å². The number of nitrogens with one attached hydrogen (secondary N) is 1. The maximum Gasteiger partial charge on any atom is 0.223 e. The van der Waals surface area contributed by atoms with Crippen molar-refractivity contribution in [2.75, 3.05) is 19.6 Å². The van der Waals surface area contributed by atoms with Crippen LogP contribution in [0.5, 0.6) is 0 Å². The van der Waals surface area contributed by atoms with E-state index in [9.17, 15) is 9.59 Å². The fraction of sp³-hybridized carbons (Fsp3) is 0.700. The van der Waals surface area contributed by atoms with E-state index in [1.54, 1.807) is 4.90 Å². The lowest BCUT2D eigenvalue weighted by molar-refractivity contribution is -0.128. The first-order valence-corrected chi connectivity index (χ1v) is 4.99. The minimum Gasteiger partial charge on any atom is -0.356 e. The van der Waals surface area contributed by atoms with Gasteiger partial charge in [0.1, 0.15) is 0 Å². The van der Waals surface area contributed by atoms with Crippen molar-refractivity contribution in [1.82, 2.24) is 10.2 Å². The molecule has 0 aromatic carbocycles. The Balaban J connectivity index is 1.95. The van der Waals surface area contributed by atoms with Crippen molar-refractivity contribution in [2.45, 2.75) is 19.3 Å². The molecule has 2 fully saturated rings. The molecule has 4 heteroatoms. The summed E-state index contributed by atoms with van der Waals surface area (Å²) >= 11 is 0. The van der Waals surface area contributed by atoms with Crippen molar-refractivity contribution < 1.29 is 9.59 Å². The second-order valence-corrected chi connectivity index (χ2v) is 4.33. The molecule has 0 aromatic heterocycles. The lowest BCUT2D eigenvalue weighted by Gasteiger charge is -2.37. The van der Waals surface area contributed by atoms with Crippen LogP contribution in [0.25, 0.3) is 0 Å². The van der Waals surface area contributed by atoms with Gasteiger partial charge in [-0.2, -0.15) is 0 Å². The highest BCUT2D eigenvalue weighted by Gasteiger charge is 2.41. The minimum absolute atomic E-state index is 0.0999. The second kappa shape index (κ2) is 3.26. The fourth-order valence-corrected chi connectivity index (χ4v) is 2.34. The monoisotopic (exact) mass is 195 g/mol. The van der Waals surface area contributed by atoms with Crippen molar-refractivity contribution in [3.8, 4) is 0 Å². The molecule has 4 nitrogen and oxygen atoms in total. The lowest BCUT2D eigenvalue weighted by Crippen LogP contribution is -2.43. The molecule has 0 bridgehead atoms. The maximum atomic E-state index is 11.1. The van der Waals surface area contributed by atoms with E-state index >= 15 is 0 Å². The standard InChI is InChI=1S/C10H15N2O2/c1-8(13)12-4-2-10(3-5-12)6-9(14)11-7-10/h1-7H2,(H,11,14). The molecule has 0 unspecified atom stereocenters. The number of rotatable bonds is 0. The molecule has 0 saturated carbocycles. The zero-order chi connectivity index (χ0) is 10.2. The van der Waals surface area contributed by atoms with Crippen LogP contribution in [0.2, 0.25) is 0 Å². The molecule has 14 heavy (non-hydrogen) atoms. The predicted octanol–water partition coefficient (Wildman–Crippen LogP) is -0.0508. The van der Waals surface area contributed by atoms with Gasteiger partial charge in [-0.05, 0) is 18.3 Å². The quantitative estimate of drug-likeness (QED) is 0.589. The number of piperidine rings is 1. The number of carbonyl (C=O) groups excluding carboxylic acids is 2. The Labute approximate surface area is 83.6 Å². The summed E-state index contributed by atoms with van der Waals surface area (Å²) in [6, 6.07) is 0. The van der Waals surface area contributed by atoms with Crippen molar-refractivity contribution in [3.63, 3.8) is 0 Å². The van der Waals surface area contributed by atoms with Gasteiger partial charge < -0.3 is 10.2 Å². The number of hydrogen-bond acceptors (Lipinski definition) is 2. The topological polar surface area (TPSA) is 49.4 Å². The molecule has 2 amide bonds. The van der Waals surface area contributed by atoms with Gasteiger partial charge in [0.2, 0.25) is 11.8 Å². The van der Waals surface area contributed by atoms with Crippen molar-refractivity contribution >= 4 is 11.8 Å². The Kier molecular flexibility index (Phi) is 2.21. The number of nitrogens with zero attached hydrogens (tertiary/aromatic N) is 1. The van der Waals surface area contributed by atoms with Crippen molar-refractivity contribution in [1.29, 1.82) is 0 Å². The Hall–Kier alpha value is -1.06. The van der Waals surface area contributed by atoms with E-state index in [4.69, 9.17) is 0 Å². The largest absolute Gasteiger partial charge is 0.356 e. The molecule has 2 saturated heterocycles. The van der Waals surface area contributed by atoms with Gasteiger partial charge in [-0.25, -0.2) is 0 Å². The van der Waals surface area contributed by atoms with Crippen LogP contribution in [0.15, 0.2) is 0 Å². The summed E-state index contributed by atoms with van der Waals surface area (Å²) < 4.78 is 0. The normalized spacial score (nSPS) is 25.2. The molecule has 0 aromatic rings. The molecule has 2 rings (SSSR count). The van der Waals surface area contributed by atoms with Gasteiger partial charge >= 0.3 is 0 Å². The van der Waals surface area contributed by atoms with E-state index in [0.29, 0.717) is 6.42 Å². The van der Waals surface area contributed by atoms with Gasteiger partial charge in [0.25, 0.3) is 0 Å². The summed E-state index contributed by atoms with van der Waals surface area (Å²) in [5, 5.41) is 2.87. The van der Waals surface area contributed by atoms with E-state index in [1.165, 1.54) is 0 Å². The fourth-order valence-electron chi connectivity index (χ4n) is 2.34. The van der Waals surface area contributed by atoms with Crippen molar-refractivity contribution in [3.05, 3.63) is 6.92 Å². The molecule has 2 heterocycles. The molecule has 0 atom stereocenters. The van der Waals surface area contributed by atoms with E-state index in [0.717, 1.165) is 32.5 Å². The summed E-state index contributed by atoms with van der Waals surface area (Å²) in [5.41, 5.74) is 0.128. The van der Waals surface area contributed by atoms with Gasteiger partial charge in [-0.15, -0.1) is 0 Å². The number of hydrogen-bond donors (Lipinski definition) is 1. The molecule has 1 radical (unpaired) electrons. The van der Waals surface area contributed by atoms with Gasteiger partial charge in [0.05, 0.1) is 0 Å². The molecular weight excluding hydrogens is 180 g/mol. The first-order valence-electron chi connectivity index (χ1n) is 4.99. The lowest BCUT2D eigenvalue weighted by atomic mass is 9.78. The average molecular weight is 195 g/mol. The summed E-state index contributed by atoms with van der Waals surface area (Å²) in [4.78, 5) is 23.9. The van der Waals surface area contributed by atoms with Crippen LogP contribution in [0.4, 0.5) is 0 Å². The van der Waals surface area contributed by atoms with Crippen LogP contribution in [0.1, 0.15) is 19.3 Å².